The minimum Gasteiger partial charge on any atom is -0.509 e. The van der Waals surface area contributed by atoms with Crippen LogP contribution >= 0.6 is 11.6 Å². The van der Waals surface area contributed by atoms with E-state index in [-0.39, 0.29) is 21.9 Å². The van der Waals surface area contributed by atoms with E-state index in [0.29, 0.717) is 0 Å². The fourth-order valence-corrected chi connectivity index (χ4v) is 2.45. The molecule has 1 atom stereocenters. The van der Waals surface area contributed by atoms with Crippen LogP contribution in [-0.2, 0) is 14.4 Å². The van der Waals surface area contributed by atoms with Gasteiger partial charge in [0.2, 0.25) is 0 Å². The van der Waals surface area contributed by atoms with E-state index in [1.807, 2.05) is 0 Å². The lowest BCUT2D eigenvalue weighted by Crippen LogP contribution is -2.45. The van der Waals surface area contributed by atoms with E-state index in [9.17, 15) is 14.3 Å². The van der Waals surface area contributed by atoms with E-state index >= 15 is 0 Å². The third-order valence-corrected chi connectivity index (χ3v) is 3.84. The van der Waals surface area contributed by atoms with Crippen LogP contribution in [0.2, 0.25) is 5.02 Å². The third-order valence-electron chi connectivity index (χ3n) is 3.52. The smallest absolute Gasteiger partial charge is 0.282 e. The van der Waals surface area contributed by atoms with E-state index < -0.39 is 23.6 Å². The normalized spacial score (nSPS) is 19.0. The number of hydrogen-bond donors (Lipinski definition) is 1. The predicted molar refractivity (Wildman–Crippen MR) is 79.4 cm³/mol. The number of amides is 1. The number of ether oxygens (including phenoxy) is 1. The highest BCUT2D eigenvalue weighted by Crippen LogP contribution is 2.41. The molecule has 1 aliphatic heterocycles. The van der Waals surface area contributed by atoms with Crippen molar-refractivity contribution in [3.05, 3.63) is 40.4 Å². The van der Waals surface area contributed by atoms with Gasteiger partial charge in [-0.15, -0.1) is 0 Å². The summed E-state index contributed by atoms with van der Waals surface area (Å²) in [4.78, 5) is 18.0. The molecule has 120 valence electrons. The van der Waals surface area contributed by atoms with Gasteiger partial charge in [-0.05, 0) is 32.9 Å². The van der Waals surface area contributed by atoms with Crippen LogP contribution in [0.5, 0.6) is 0 Å². The van der Waals surface area contributed by atoms with Crippen molar-refractivity contribution in [3.63, 3.8) is 0 Å². The molecule has 1 aromatic carbocycles. The molecule has 0 bridgehead atoms. The monoisotopic (exact) mass is 329 g/mol. The van der Waals surface area contributed by atoms with E-state index in [1.165, 1.54) is 25.3 Å². The van der Waals surface area contributed by atoms with Gasteiger partial charge in [0.25, 0.3) is 5.91 Å². The van der Waals surface area contributed by atoms with E-state index in [1.54, 1.807) is 20.8 Å². The molecule has 1 heterocycles. The van der Waals surface area contributed by atoms with Crippen LogP contribution in [0.25, 0.3) is 5.57 Å². The van der Waals surface area contributed by atoms with Crippen molar-refractivity contribution < 1.29 is 23.9 Å². The second kappa shape index (κ2) is 5.87. The second-order valence-electron chi connectivity index (χ2n) is 5.39. The van der Waals surface area contributed by atoms with Crippen LogP contribution in [0, 0.1) is 5.82 Å². The Kier molecular flexibility index (Phi) is 4.47. The number of aliphatic hydroxyl groups excluding tert-OH is 1. The number of carbonyl (C=O) groups is 1. The lowest BCUT2D eigenvalue weighted by Gasteiger charge is -2.32. The summed E-state index contributed by atoms with van der Waals surface area (Å²) in [6.45, 7) is 4.74. The van der Waals surface area contributed by atoms with Crippen molar-refractivity contribution in [2.45, 2.75) is 32.6 Å². The second-order valence-corrected chi connectivity index (χ2v) is 5.79. The SMILES string of the molecule is COC(C)ON1C(=O)C(c2c(F)cccc2Cl)=C(O)C1(C)C. The van der Waals surface area contributed by atoms with Crippen LogP contribution in [-0.4, -0.2) is 35.0 Å². The molecule has 22 heavy (non-hydrogen) atoms. The first-order valence-electron chi connectivity index (χ1n) is 6.64. The Morgan fingerprint density at radius 1 is 1.41 bits per heavy atom. The summed E-state index contributed by atoms with van der Waals surface area (Å²) < 4.78 is 19.1. The van der Waals surface area contributed by atoms with E-state index in [2.05, 4.69) is 0 Å². The number of hydroxylamine groups is 2. The van der Waals surface area contributed by atoms with Gasteiger partial charge in [-0.2, -0.15) is 0 Å². The molecule has 1 amide bonds. The summed E-state index contributed by atoms with van der Waals surface area (Å²) in [7, 11) is 1.42. The number of carbonyl (C=O) groups excluding carboxylic acids is 1. The molecule has 2 rings (SSSR count). The van der Waals surface area contributed by atoms with Crippen LogP contribution in [0.3, 0.4) is 0 Å². The molecule has 5 nitrogen and oxygen atoms in total. The first kappa shape index (κ1) is 16.7. The van der Waals surface area contributed by atoms with E-state index in [4.69, 9.17) is 21.2 Å². The number of hydrogen-bond acceptors (Lipinski definition) is 4. The minimum absolute atomic E-state index is 0.0346. The minimum atomic E-state index is -1.18. The maximum absolute atomic E-state index is 14.1. The molecule has 1 aliphatic rings. The Balaban J connectivity index is 2.53. The lowest BCUT2D eigenvalue weighted by molar-refractivity contribution is -0.276. The zero-order valence-corrected chi connectivity index (χ0v) is 13.4. The molecular formula is C15H17ClFNO4. The Hall–Kier alpha value is -1.63. The summed E-state index contributed by atoms with van der Waals surface area (Å²) in [5, 5.41) is 11.4. The molecule has 1 unspecified atom stereocenters. The predicted octanol–water partition coefficient (Wildman–Crippen LogP) is 3.29. The molecule has 0 radical (unpaired) electrons. The fraction of sp³-hybridized carbons (Fsp3) is 0.400. The summed E-state index contributed by atoms with van der Waals surface area (Å²) in [5.74, 6) is -1.69. The Bertz CT molecular complexity index is 624. The molecule has 0 fully saturated rings. The summed E-state index contributed by atoms with van der Waals surface area (Å²) >= 11 is 5.99. The molecule has 0 aliphatic carbocycles. The maximum atomic E-state index is 14.1. The molecule has 7 heteroatoms. The van der Waals surface area contributed by atoms with Crippen molar-refractivity contribution in [2.75, 3.05) is 7.11 Å². The van der Waals surface area contributed by atoms with Crippen molar-refractivity contribution >= 4 is 23.1 Å². The highest BCUT2D eigenvalue weighted by molar-refractivity contribution is 6.35. The zero-order chi connectivity index (χ0) is 16.7. The van der Waals surface area contributed by atoms with Gasteiger partial charge < -0.3 is 9.84 Å². The Morgan fingerprint density at radius 3 is 2.59 bits per heavy atom. The number of benzene rings is 1. The largest absolute Gasteiger partial charge is 0.509 e. The summed E-state index contributed by atoms with van der Waals surface area (Å²) in [6.07, 6.45) is -0.716. The number of halogens is 2. The van der Waals surface area contributed by atoms with Gasteiger partial charge in [-0.3, -0.25) is 4.79 Å². The summed E-state index contributed by atoms with van der Waals surface area (Å²) in [5.41, 5.74) is -1.53. The molecule has 0 saturated carbocycles. The van der Waals surface area contributed by atoms with Crippen LogP contribution in [0.15, 0.2) is 24.0 Å². The number of methoxy groups -OCH3 is 1. The topological polar surface area (TPSA) is 59.0 Å². The average Bonchev–Trinajstić information content (AvgIpc) is 2.61. The lowest BCUT2D eigenvalue weighted by atomic mass is 9.99. The van der Waals surface area contributed by atoms with E-state index in [0.717, 1.165) is 5.06 Å². The first-order valence-corrected chi connectivity index (χ1v) is 7.01. The van der Waals surface area contributed by atoms with Gasteiger partial charge in [-0.1, -0.05) is 17.7 Å². The molecule has 0 spiro atoms. The first-order chi connectivity index (χ1) is 10.2. The fourth-order valence-electron chi connectivity index (χ4n) is 2.19. The quantitative estimate of drug-likeness (QED) is 0.861. The van der Waals surface area contributed by atoms with Gasteiger partial charge >= 0.3 is 0 Å². The molecule has 1 N–H and O–H groups in total. The molecular weight excluding hydrogens is 313 g/mol. The maximum Gasteiger partial charge on any atom is 0.282 e. The standard InChI is InChI=1S/C15H17ClFNO4/c1-8(21-4)22-18-14(20)12(13(19)15(18,2)3)11-9(16)6-5-7-10(11)17/h5-8,19H,1-4H3. The van der Waals surface area contributed by atoms with Crippen LogP contribution in [0.1, 0.15) is 26.3 Å². The van der Waals surface area contributed by atoms with Crippen molar-refractivity contribution in [1.29, 1.82) is 0 Å². The third kappa shape index (κ3) is 2.58. The molecule has 0 saturated heterocycles. The molecule has 1 aromatic rings. The van der Waals surface area contributed by atoms with Gasteiger partial charge in [0.15, 0.2) is 6.29 Å². The molecule has 0 aromatic heterocycles. The summed E-state index contributed by atoms with van der Waals surface area (Å²) in [6, 6.07) is 4.04. The Morgan fingerprint density at radius 2 is 2.05 bits per heavy atom. The average molecular weight is 330 g/mol. The van der Waals surface area contributed by atoms with Crippen molar-refractivity contribution in [2.24, 2.45) is 0 Å². The van der Waals surface area contributed by atoms with Gasteiger partial charge in [0.1, 0.15) is 17.1 Å². The van der Waals surface area contributed by atoms with Crippen LogP contribution in [0.4, 0.5) is 4.39 Å². The Labute approximate surface area is 132 Å². The number of nitrogens with zero attached hydrogens (tertiary/aromatic N) is 1. The number of rotatable bonds is 4. The van der Waals surface area contributed by atoms with Gasteiger partial charge in [0, 0.05) is 12.7 Å². The highest BCUT2D eigenvalue weighted by Gasteiger charge is 2.49. The number of aliphatic hydroxyl groups is 1. The van der Waals surface area contributed by atoms with Crippen molar-refractivity contribution in [1.82, 2.24) is 5.06 Å². The van der Waals surface area contributed by atoms with Gasteiger partial charge in [-0.25, -0.2) is 14.3 Å². The van der Waals surface area contributed by atoms with Gasteiger partial charge in [0.05, 0.1) is 10.6 Å². The van der Waals surface area contributed by atoms with Crippen molar-refractivity contribution in [3.8, 4) is 0 Å². The van der Waals surface area contributed by atoms with Crippen LogP contribution < -0.4 is 0 Å². The highest BCUT2D eigenvalue weighted by atomic mass is 35.5. The zero-order valence-electron chi connectivity index (χ0n) is 12.7.